The fraction of sp³-hybridized carbons (Fsp3) is 0.238. The van der Waals surface area contributed by atoms with E-state index in [2.05, 4.69) is 52.7 Å². The Morgan fingerprint density at radius 3 is 2.56 bits per heavy atom. The number of anilines is 1. The van der Waals surface area contributed by atoms with Gasteiger partial charge in [0.1, 0.15) is 0 Å². The van der Waals surface area contributed by atoms with Crippen molar-refractivity contribution in [3.05, 3.63) is 67.8 Å². The quantitative estimate of drug-likeness (QED) is 0.324. The maximum Gasteiger partial charge on any atom is 0.251 e. The maximum atomic E-state index is 12.5. The van der Waals surface area contributed by atoms with Gasteiger partial charge in [-0.15, -0.1) is 10.2 Å². The molecule has 0 saturated heterocycles. The van der Waals surface area contributed by atoms with Crippen LogP contribution in [0.1, 0.15) is 36.1 Å². The van der Waals surface area contributed by atoms with E-state index in [-0.39, 0.29) is 23.6 Å². The fourth-order valence-corrected chi connectivity index (χ4v) is 4.52. The van der Waals surface area contributed by atoms with Crippen LogP contribution in [-0.2, 0) is 11.3 Å². The second kappa shape index (κ2) is 11.3. The van der Waals surface area contributed by atoms with E-state index in [4.69, 9.17) is 11.6 Å². The predicted molar refractivity (Wildman–Crippen MR) is 134 cm³/mol. The fourth-order valence-electron chi connectivity index (χ4n) is 2.88. The lowest BCUT2D eigenvalue weighted by molar-refractivity contribution is -0.113. The summed E-state index contributed by atoms with van der Waals surface area (Å²) in [5.74, 6) is 0.397. The molecule has 0 radical (unpaired) electrons. The molecule has 0 saturated carbocycles. The van der Waals surface area contributed by atoms with Gasteiger partial charge in [0, 0.05) is 26.1 Å². The first-order valence-electron chi connectivity index (χ1n) is 9.65. The summed E-state index contributed by atoms with van der Waals surface area (Å²) in [5, 5.41) is 15.4. The average molecular weight is 602 g/mol. The number of rotatable bonds is 8. The molecular weight excluding hydrogens is 582 g/mol. The van der Waals surface area contributed by atoms with Gasteiger partial charge in [0.2, 0.25) is 5.91 Å². The summed E-state index contributed by atoms with van der Waals surface area (Å²) >= 11 is 14.0. The Morgan fingerprint density at radius 2 is 1.88 bits per heavy atom. The molecule has 1 heterocycles. The molecule has 0 aliphatic heterocycles. The number of thioether (sulfide) groups is 1. The van der Waals surface area contributed by atoms with Crippen molar-refractivity contribution < 1.29 is 9.59 Å². The molecule has 0 aliphatic rings. The second-order valence-electron chi connectivity index (χ2n) is 6.75. The van der Waals surface area contributed by atoms with Crippen molar-refractivity contribution in [2.24, 2.45) is 0 Å². The van der Waals surface area contributed by atoms with E-state index in [1.54, 1.807) is 24.3 Å². The number of nitrogens with one attached hydrogen (secondary N) is 2. The van der Waals surface area contributed by atoms with Crippen LogP contribution in [0.15, 0.2) is 56.6 Å². The van der Waals surface area contributed by atoms with E-state index in [0.29, 0.717) is 33.8 Å². The molecular formula is C21H20Br2ClN5O2S. The summed E-state index contributed by atoms with van der Waals surface area (Å²) in [5.41, 5.74) is 1.19. The molecule has 3 aromatic rings. The molecule has 1 aromatic heterocycles. The lowest BCUT2D eigenvalue weighted by Gasteiger charge is -2.15. The van der Waals surface area contributed by atoms with Gasteiger partial charge in [-0.1, -0.05) is 39.3 Å². The molecule has 2 N–H and O–H groups in total. The van der Waals surface area contributed by atoms with Crippen molar-refractivity contribution in [3.8, 4) is 0 Å². The Labute approximate surface area is 212 Å². The number of amides is 2. The first kappa shape index (κ1) is 24.8. The van der Waals surface area contributed by atoms with Crippen LogP contribution in [0.2, 0.25) is 5.02 Å². The smallest absolute Gasteiger partial charge is 0.251 e. The van der Waals surface area contributed by atoms with Crippen LogP contribution in [0.5, 0.6) is 0 Å². The number of carbonyl (C=O) groups is 2. The average Bonchev–Trinajstić information content (AvgIpc) is 3.18. The highest BCUT2D eigenvalue weighted by Gasteiger charge is 2.20. The van der Waals surface area contributed by atoms with Gasteiger partial charge in [-0.2, -0.15) is 0 Å². The van der Waals surface area contributed by atoms with E-state index in [9.17, 15) is 9.59 Å². The summed E-state index contributed by atoms with van der Waals surface area (Å²) in [4.78, 5) is 24.9. The first-order chi connectivity index (χ1) is 15.3. The molecule has 2 amide bonds. The number of hydrogen-bond acceptors (Lipinski definition) is 5. The monoisotopic (exact) mass is 599 g/mol. The summed E-state index contributed by atoms with van der Waals surface area (Å²) in [7, 11) is 0. The molecule has 0 unspecified atom stereocenters. The highest BCUT2D eigenvalue weighted by Crippen LogP contribution is 2.27. The van der Waals surface area contributed by atoms with Crippen LogP contribution in [0.25, 0.3) is 0 Å². The summed E-state index contributed by atoms with van der Waals surface area (Å²) in [6.45, 7) is 4.41. The summed E-state index contributed by atoms with van der Waals surface area (Å²) in [6.07, 6.45) is 0. The van der Waals surface area contributed by atoms with Gasteiger partial charge in [-0.25, -0.2) is 0 Å². The van der Waals surface area contributed by atoms with E-state index in [1.807, 2.05) is 36.6 Å². The number of benzene rings is 2. The molecule has 3 rings (SSSR count). The topological polar surface area (TPSA) is 88.9 Å². The van der Waals surface area contributed by atoms with Gasteiger partial charge in [-0.05, 0) is 72.2 Å². The van der Waals surface area contributed by atoms with Crippen molar-refractivity contribution in [2.45, 2.75) is 31.6 Å². The minimum atomic E-state index is -0.369. The molecule has 0 aliphatic carbocycles. The Morgan fingerprint density at radius 1 is 1.16 bits per heavy atom. The minimum Gasteiger partial charge on any atom is -0.342 e. The molecule has 11 heteroatoms. The largest absolute Gasteiger partial charge is 0.342 e. The number of carbonyl (C=O) groups excluding carboxylic acids is 2. The van der Waals surface area contributed by atoms with Crippen LogP contribution in [0.3, 0.4) is 0 Å². The highest BCUT2D eigenvalue weighted by atomic mass is 79.9. The predicted octanol–water partition coefficient (Wildman–Crippen LogP) is 5.70. The zero-order chi connectivity index (χ0) is 23.3. The summed E-state index contributed by atoms with van der Waals surface area (Å²) < 4.78 is 3.55. The molecule has 0 spiro atoms. The third kappa shape index (κ3) is 6.34. The molecule has 1 atom stereocenters. The van der Waals surface area contributed by atoms with Gasteiger partial charge < -0.3 is 15.2 Å². The van der Waals surface area contributed by atoms with E-state index in [0.717, 1.165) is 8.95 Å². The molecule has 0 fully saturated rings. The van der Waals surface area contributed by atoms with Gasteiger partial charge in [0.05, 0.1) is 17.5 Å². The third-order valence-electron chi connectivity index (χ3n) is 4.44. The van der Waals surface area contributed by atoms with Crippen LogP contribution in [-0.4, -0.2) is 32.3 Å². The first-order valence-corrected chi connectivity index (χ1v) is 12.6. The third-order valence-corrected chi connectivity index (χ3v) is 6.84. The Bertz CT molecular complexity index is 1120. The molecule has 168 valence electrons. The van der Waals surface area contributed by atoms with Crippen LogP contribution in [0, 0.1) is 0 Å². The van der Waals surface area contributed by atoms with E-state index in [1.165, 1.54) is 11.8 Å². The SMILES string of the molecule is CCn1c(SCC(=O)Nc2cc(Br)ccc2Br)nnc1[C@@H](C)NC(=O)c1ccc(Cl)cc1. The molecule has 0 bridgehead atoms. The zero-order valence-electron chi connectivity index (χ0n) is 17.2. The molecule has 2 aromatic carbocycles. The molecule has 7 nitrogen and oxygen atoms in total. The van der Waals surface area contributed by atoms with Gasteiger partial charge in [-0.3, -0.25) is 9.59 Å². The van der Waals surface area contributed by atoms with E-state index < -0.39 is 0 Å². The van der Waals surface area contributed by atoms with Gasteiger partial charge >= 0.3 is 0 Å². The standard InChI is InChI=1S/C21H20Br2ClN5O2S/c1-3-29-19(12(2)25-20(31)13-4-7-15(24)8-5-13)27-28-21(29)32-11-18(30)26-17-10-14(22)6-9-16(17)23/h4-10,12H,3,11H2,1-2H3,(H,25,31)(H,26,30)/t12-/m1/s1. The maximum absolute atomic E-state index is 12.5. The number of halogens is 3. The lowest BCUT2D eigenvalue weighted by Crippen LogP contribution is -2.28. The Balaban J connectivity index is 1.63. The summed E-state index contributed by atoms with van der Waals surface area (Å²) in [6, 6.07) is 11.9. The van der Waals surface area contributed by atoms with Gasteiger partial charge in [0.15, 0.2) is 11.0 Å². The normalized spacial score (nSPS) is 11.8. The lowest BCUT2D eigenvalue weighted by atomic mass is 10.2. The van der Waals surface area contributed by atoms with Crippen LogP contribution >= 0.6 is 55.2 Å². The van der Waals surface area contributed by atoms with Crippen molar-refractivity contribution in [1.29, 1.82) is 0 Å². The number of nitrogens with zero attached hydrogens (tertiary/aromatic N) is 3. The number of hydrogen-bond donors (Lipinski definition) is 2. The minimum absolute atomic E-state index is 0.162. The highest BCUT2D eigenvalue weighted by molar-refractivity contribution is 9.11. The van der Waals surface area contributed by atoms with Gasteiger partial charge in [0.25, 0.3) is 5.91 Å². The van der Waals surface area contributed by atoms with Crippen molar-refractivity contribution in [1.82, 2.24) is 20.1 Å². The van der Waals surface area contributed by atoms with Crippen molar-refractivity contribution >= 4 is 72.7 Å². The molecule has 32 heavy (non-hydrogen) atoms. The Kier molecular flexibility index (Phi) is 8.75. The van der Waals surface area contributed by atoms with Crippen molar-refractivity contribution in [3.63, 3.8) is 0 Å². The van der Waals surface area contributed by atoms with Crippen LogP contribution < -0.4 is 10.6 Å². The van der Waals surface area contributed by atoms with E-state index >= 15 is 0 Å². The van der Waals surface area contributed by atoms with Crippen LogP contribution in [0.4, 0.5) is 5.69 Å². The van der Waals surface area contributed by atoms with Crippen molar-refractivity contribution in [2.75, 3.05) is 11.1 Å². The Hall–Kier alpha value is -1.88. The number of aromatic nitrogens is 3. The second-order valence-corrected chi connectivity index (χ2v) is 9.90. The zero-order valence-corrected chi connectivity index (χ0v) is 22.0.